The Labute approximate surface area is 110 Å². The third kappa shape index (κ3) is 2.83. The number of halogens is 1. The van der Waals surface area contributed by atoms with Crippen LogP contribution in [0.1, 0.15) is 12.5 Å². The number of hydrogen-bond acceptors (Lipinski definition) is 2. The maximum absolute atomic E-state index is 10.7. The van der Waals surface area contributed by atoms with E-state index in [9.17, 15) is 4.79 Å². The van der Waals surface area contributed by atoms with Crippen molar-refractivity contribution >= 4 is 28.5 Å². The molecule has 0 aliphatic rings. The maximum Gasteiger partial charge on any atom is 0.317 e. The normalized spacial score (nSPS) is 11.3. The minimum absolute atomic E-state index is 0.0523. The van der Waals surface area contributed by atoms with Crippen molar-refractivity contribution in [1.29, 1.82) is 0 Å². The van der Waals surface area contributed by atoms with Crippen molar-refractivity contribution in [3.63, 3.8) is 0 Å². The number of nitrogens with zero attached hydrogens (tertiary/aromatic N) is 1. The third-order valence-corrected chi connectivity index (χ3v) is 3.16. The molecule has 0 spiro atoms. The van der Waals surface area contributed by atoms with Crippen molar-refractivity contribution in [3.8, 4) is 0 Å². The quantitative estimate of drug-likeness (QED) is 0.875. The molecule has 0 fully saturated rings. The van der Waals surface area contributed by atoms with Gasteiger partial charge in [0.25, 0.3) is 0 Å². The van der Waals surface area contributed by atoms with E-state index in [1.165, 1.54) is 0 Å². The zero-order valence-corrected chi connectivity index (χ0v) is 10.9. The monoisotopic (exact) mass is 266 g/mol. The molecule has 1 aromatic carbocycles. The van der Waals surface area contributed by atoms with Crippen LogP contribution in [0.2, 0.25) is 5.02 Å². The molecule has 1 heterocycles. The molecule has 2 rings (SSSR count). The molecule has 2 aromatic rings. The summed E-state index contributed by atoms with van der Waals surface area (Å²) in [5.41, 5.74) is 2.06. The molecule has 18 heavy (non-hydrogen) atoms. The van der Waals surface area contributed by atoms with Crippen molar-refractivity contribution in [2.45, 2.75) is 13.5 Å². The van der Waals surface area contributed by atoms with Gasteiger partial charge in [0.1, 0.15) is 0 Å². The van der Waals surface area contributed by atoms with Gasteiger partial charge in [0.2, 0.25) is 0 Å². The van der Waals surface area contributed by atoms with E-state index >= 15 is 0 Å². The van der Waals surface area contributed by atoms with Gasteiger partial charge in [0.15, 0.2) is 0 Å². The zero-order chi connectivity index (χ0) is 13.1. The summed E-state index contributed by atoms with van der Waals surface area (Å²) >= 11 is 5.92. The van der Waals surface area contributed by atoms with E-state index in [-0.39, 0.29) is 6.54 Å². The predicted octanol–water partition coefficient (Wildman–Crippen LogP) is 2.73. The predicted molar refractivity (Wildman–Crippen MR) is 71.9 cm³/mol. The van der Waals surface area contributed by atoms with Gasteiger partial charge >= 0.3 is 5.97 Å². The van der Waals surface area contributed by atoms with Gasteiger partial charge in [-0.15, -0.1) is 0 Å². The first-order valence-electron chi connectivity index (χ1n) is 5.79. The van der Waals surface area contributed by atoms with Gasteiger partial charge in [-0.1, -0.05) is 24.6 Å². The highest BCUT2D eigenvalue weighted by molar-refractivity contribution is 6.31. The maximum atomic E-state index is 10.7. The van der Waals surface area contributed by atoms with Crippen LogP contribution in [-0.2, 0) is 11.3 Å². The van der Waals surface area contributed by atoms with Gasteiger partial charge < -0.3 is 10.1 Å². The molecule has 2 N–H and O–H groups in total. The summed E-state index contributed by atoms with van der Waals surface area (Å²) in [4.78, 5) is 15.8. The third-order valence-electron chi connectivity index (χ3n) is 2.93. The largest absolute Gasteiger partial charge is 0.480 e. The molecule has 96 valence electrons. The molecule has 0 atom stereocenters. The van der Waals surface area contributed by atoms with Gasteiger partial charge in [0, 0.05) is 28.7 Å². The fourth-order valence-electron chi connectivity index (χ4n) is 2.00. The molecule has 0 saturated carbocycles. The number of nitrogens with one attached hydrogen (secondary N) is 1. The van der Waals surface area contributed by atoms with Crippen LogP contribution in [0.15, 0.2) is 24.4 Å². The van der Waals surface area contributed by atoms with Crippen molar-refractivity contribution in [2.75, 3.05) is 13.1 Å². The van der Waals surface area contributed by atoms with E-state index < -0.39 is 5.97 Å². The number of likely N-dealkylation sites (N-methyl/N-ethyl adjacent to an activating group) is 1. The number of aromatic nitrogens is 1. The van der Waals surface area contributed by atoms with Crippen LogP contribution in [0, 0.1) is 0 Å². The summed E-state index contributed by atoms with van der Waals surface area (Å²) < 4.78 is 0. The Bertz CT molecular complexity index is 565. The van der Waals surface area contributed by atoms with Gasteiger partial charge in [-0.2, -0.15) is 0 Å². The number of H-pyrrole nitrogens is 1. The van der Waals surface area contributed by atoms with Crippen LogP contribution in [-0.4, -0.2) is 34.0 Å². The first kappa shape index (κ1) is 12.9. The molecule has 5 heteroatoms. The molecule has 0 saturated heterocycles. The molecular weight excluding hydrogens is 252 g/mol. The second kappa shape index (κ2) is 5.42. The summed E-state index contributed by atoms with van der Waals surface area (Å²) in [6.07, 6.45) is 1.91. The highest BCUT2D eigenvalue weighted by Crippen LogP contribution is 2.23. The van der Waals surface area contributed by atoms with Crippen molar-refractivity contribution in [3.05, 3.63) is 35.0 Å². The van der Waals surface area contributed by atoms with Crippen LogP contribution >= 0.6 is 11.6 Å². The van der Waals surface area contributed by atoms with E-state index in [1.807, 2.05) is 36.2 Å². The second-order valence-electron chi connectivity index (χ2n) is 4.20. The highest BCUT2D eigenvalue weighted by Gasteiger charge is 2.11. The number of benzene rings is 1. The van der Waals surface area contributed by atoms with E-state index in [0.29, 0.717) is 18.1 Å². The Hall–Kier alpha value is -1.52. The standard InChI is InChI=1S/C13H15ClN2O2/c1-2-16(8-13(17)18)7-9-6-15-12-5-10(14)3-4-11(9)12/h3-6,15H,2,7-8H2,1H3,(H,17,18). The average Bonchev–Trinajstić information content (AvgIpc) is 2.70. The Morgan fingerprint density at radius 3 is 2.94 bits per heavy atom. The summed E-state index contributed by atoms with van der Waals surface area (Å²) in [5.74, 6) is -0.806. The Kier molecular flexibility index (Phi) is 3.89. The van der Waals surface area contributed by atoms with Crippen LogP contribution in [0.5, 0.6) is 0 Å². The van der Waals surface area contributed by atoms with E-state index in [4.69, 9.17) is 16.7 Å². The van der Waals surface area contributed by atoms with Crippen LogP contribution in [0.4, 0.5) is 0 Å². The number of aromatic amines is 1. The minimum Gasteiger partial charge on any atom is -0.480 e. The van der Waals surface area contributed by atoms with Gasteiger partial charge in [-0.25, -0.2) is 0 Å². The average molecular weight is 267 g/mol. The smallest absolute Gasteiger partial charge is 0.317 e. The lowest BCUT2D eigenvalue weighted by molar-refractivity contribution is -0.138. The van der Waals surface area contributed by atoms with Crippen molar-refractivity contribution in [1.82, 2.24) is 9.88 Å². The lowest BCUT2D eigenvalue weighted by Crippen LogP contribution is -2.28. The molecule has 0 amide bonds. The first-order valence-corrected chi connectivity index (χ1v) is 6.17. The van der Waals surface area contributed by atoms with Crippen LogP contribution in [0.25, 0.3) is 10.9 Å². The fraction of sp³-hybridized carbons (Fsp3) is 0.308. The number of carbonyl (C=O) groups is 1. The SMILES string of the molecule is CCN(CC(=O)O)Cc1c[nH]c2cc(Cl)ccc12. The molecule has 0 bridgehead atoms. The number of rotatable bonds is 5. The lowest BCUT2D eigenvalue weighted by Gasteiger charge is -2.17. The van der Waals surface area contributed by atoms with Gasteiger partial charge in [-0.3, -0.25) is 9.69 Å². The topological polar surface area (TPSA) is 56.3 Å². The first-order chi connectivity index (χ1) is 8.60. The summed E-state index contributed by atoms with van der Waals surface area (Å²) in [6.45, 7) is 3.32. The highest BCUT2D eigenvalue weighted by atomic mass is 35.5. The second-order valence-corrected chi connectivity index (χ2v) is 4.64. The summed E-state index contributed by atoms with van der Waals surface area (Å²) in [6, 6.07) is 5.67. The summed E-state index contributed by atoms with van der Waals surface area (Å²) in [7, 11) is 0. The van der Waals surface area contributed by atoms with Gasteiger partial charge in [0.05, 0.1) is 6.54 Å². The van der Waals surface area contributed by atoms with E-state index in [0.717, 1.165) is 16.5 Å². The number of hydrogen-bond donors (Lipinski definition) is 2. The Balaban J connectivity index is 2.23. The molecule has 0 unspecified atom stereocenters. The van der Waals surface area contributed by atoms with E-state index in [2.05, 4.69) is 4.98 Å². The molecule has 0 aliphatic carbocycles. The van der Waals surface area contributed by atoms with Crippen molar-refractivity contribution in [2.24, 2.45) is 0 Å². The number of carboxylic acids is 1. The Morgan fingerprint density at radius 2 is 2.28 bits per heavy atom. The lowest BCUT2D eigenvalue weighted by atomic mass is 10.1. The zero-order valence-electron chi connectivity index (χ0n) is 10.1. The van der Waals surface area contributed by atoms with Crippen molar-refractivity contribution < 1.29 is 9.90 Å². The number of aliphatic carboxylic acids is 1. The van der Waals surface area contributed by atoms with E-state index in [1.54, 1.807) is 0 Å². The molecule has 0 radical (unpaired) electrons. The fourth-order valence-corrected chi connectivity index (χ4v) is 2.17. The van der Waals surface area contributed by atoms with Gasteiger partial charge in [-0.05, 0) is 24.2 Å². The molecule has 0 aliphatic heterocycles. The molecular formula is C13H15ClN2O2. The molecule has 4 nitrogen and oxygen atoms in total. The Morgan fingerprint density at radius 1 is 1.50 bits per heavy atom. The van der Waals surface area contributed by atoms with Crippen LogP contribution < -0.4 is 0 Å². The minimum atomic E-state index is -0.806. The number of carboxylic acid groups (broad SMARTS) is 1. The molecule has 1 aromatic heterocycles. The summed E-state index contributed by atoms with van der Waals surface area (Å²) in [5, 5.41) is 10.6. The van der Waals surface area contributed by atoms with Crippen LogP contribution in [0.3, 0.4) is 0 Å². The number of fused-ring (bicyclic) bond motifs is 1.